The lowest BCUT2D eigenvalue weighted by molar-refractivity contribution is 0.329. The molecule has 1 aromatic heterocycles. The van der Waals surface area contributed by atoms with Gasteiger partial charge in [-0.3, -0.25) is 0 Å². The molecule has 0 saturated carbocycles. The summed E-state index contributed by atoms with van der Waals surface area (Å²) in [5, 5.41) is 3.79. The van der Waals surface area contributed by atoms with Crippen LogP contribution in [0, 0.1) is 3.57 Å². The Morgan fingerprint density at radius 2 is 2.16 bits per heavy atom. The van der Waals surface area contributed by atoms with Gasteiger partial charge in [-0.15, -0.1) is 0 Å². The maximum Gasteiger partial charge on any atom is 0.239 e. The molecule has 100 valence electrons. The Morgan fingerprint density at radius 1 is 1.37 bits per heavy atom. The van der Waals surface area contributed by atoms with E-state index in [9.17, 15) is 0 Å². The zero-order chi connectivity index (χ0) is 13.8. The molecule has 0 fully saturated rings. The fourth-order valence-corrected chi connectivity index (χ4v) is 2.41. The van der Waals surface area contributed by atoms with E-state index in [4.69, 9.17) is 22.1 Å². The average Bonchev–Trinajstić information content (AvgIpc) is 2.37. The number of nitrogens with one attached hydrogen (secondary N) is 1. The van der Waals surface area contributed by atoms with Gasteiger partial charge in [0.25, 0.3) is 0 Å². The van der Waals surface area contributed by atoms with Crippen LogP contribution in [0.4, 0.5) is 17.2 Å². The van der Waals surface area contributed by atoms with Crippen molar-refractivity contribution >= 4 is 51.4 Å². The molecular weight excluding hydrogens is 377 g/mol. The summed E-state index contributed by atoms with van der Waals surface area (Å²) < 4.78 is 6.43. The highest BCUT2D eigenvalue weighted by Gasteiger charge is 2.06. The van der Waals surface area contributed by atoms with Crippen LogP contribution >= 0.6 is 34.2 Å². The summed E-state index contributed by atoms with van der Waals surface area (Å²) >= 11 is 8.37. The third-order valence-corrected chi connectivity index (χ3v) is 3.35. The molecule has 0 radical (unpaired) electrons. The molecule has 0 amide bonds. The van der Waals surface area contributed by atoms with Crippen molar-refractivity contribution in [1.29, 1.82) is 0 Å². The molecule has 0 bridgehead atoms. The van der Waals surface area contributed by atoms with E-state index in [2.05, 4.69) is 32.9 Å². The molecule has 2 aromatic rings. The molecule has 0 saturated heterocycles. The molecule has 19 heavy (non-hydrogen) atoms. The predicted molar refractivity (Wildman–Crippen MR) is 87.3 cm³/mol. The number of nitrogen functional groups attached to an aromatic ring is 1. The normalized spacial score (nSPS) is 10.3. The van der Waals surface area contributed by atoms with Gasteiger partial charge in [-0.05, 0) is 59.8 Å². The fraction of sp³-hybridized carbons (Fsp3) is 0.154. The van der Waals surface area contributed by atoms with E-state index in [1.165, 1.54) is 0 Å². The molecule has 0 aliphatic carbocycles. The molecule has 6 heteroatoms. The minimum Gasteiger partial charge on any atom is -0.476 e. The highest BCUT2D eigenvalue weighted by Crippen LogP contribution is 2.28. The summed E-state index contributed by atoms with van der Waals surface area (Å²) in [6.07, 6.45) is 0. The summed E-state index contributed by atoms with van der Waals surface area (Å²) in [7, 11) is 0. The topological polar surface area (TPSA) is 60.2 Å². The van der Waals surface area contributed by atoms with Gasteiger partial charge >= 0.3 is 0 Å². The van der Waals surface area contributed by atoms with Gasteiger partial charge in [-0.25, -0.2) is 0 Å². The molecule has 1 aromatic carbocycles. The van der Waals surface area contributed by atoms with Gasteiger partial charge in [0.15, 0.2) is 0 Å². The Labute approximate surface area is 130 Å². The number of pyridine rings is 1. The molecule has 2 rings (SSSR count). The van der Waals surface area contributed by atoms with Gasteiger partial charge in [-0.2, -0.15) is 4.98 Å². The first kappa shape index (κ1) is 14.2. The molecule has 1 heterocycles. The molecular formula is C13H13ClIN3O. The lowest BCUT2D eigenvalue weighted by Gasteiger charge is -2.11. The van der Waals surface area contributed by atoms with Gasteiger partial charge < -0.3 is 15.8 Å². The van der Waals surface area contributed by atoms with Crippen LogP contribution in [0.1, 0.15) is 6.92 Å². The minimum absolute atomic E-state index is 0.425. The van der Waals surface area contributed by atoms with Crippen LogP contribution in [0.2, 0.25) is 5.02 Å². The predicted octanol–water partition coefficient (Wildman–Crippen LogP) is 4.06. The van der Waals surface area contributed by atoms with E-state index in [0.717, 1.165) is 9.26 Å². The maximum atomic E-state index is 6.16. The van der Waals surface area contributed by atoms with Crippen molar-refractivity contribution in [2.75, 3.05) is 17.7 Å². The summed E-state index contributed by atoms with van der Waals surface area (Å²) in [6.45, 7) is 2.40. The van der Waals surface area contributed by atoms with E-state index < -0.39 is 0 Å². The van der Waals surface area contributed by atoms with Crippen molar-refractivity contribution in [3.63, 3.8) is 0 Å². The molecule has 3 N–H and O–H groups in total. The Balaban J connectivity index is 2.25. The standard InChI is InChI=1S/C13H13ClIN3O/c1-2-19-13-10(16)4-6-12(18-13)17-11-5-3-8(15)7-9(11)14/h3-7H,2,16H2,1H3,(H,17,18). The highest BCUT2D eigenvalue weighted by atomic mass is 127. The Bertz CT molecular complexity index is 592. The van der Waals surface area contributed by atoms with E-state index >= 15 is 0 Å². The molecule has 0 spiro atoms. The molecule has 0 aliphatic heterocycles. The number of benzene rings is 1. The number of hydrogen-bond donors (Lipinski definition) is 2. The number of ether oxygens (including phenoxy) is 1. The quantitative estimate of drug-likeness (QED) is 0.774. The van der Waals surface area contributed by atoms with Gasteiger partial charge in [0, 0.05) is 3.57 Å². The number of aromatic nitrogens is 1. The maximum absolute atomic E-state index is 6.16. The molecule has 4 nitrogen and oxygen atoms in total. The van der Waals surface area contributed by atoms with E-state index in [-0.39, 0.29) is 0 Å². The molecule has 0 atom stereocenters. The van der Waals surface area contributed by atoms with Gasteiger partial charge in [0.05, 0.1) is 23.0 Å². The zero-order valence-electron chi connectivity index (χ0n) is 10.3. The van der Waals surface area contributed by atoms with Gasteiger partial charge in [-0.1, -0.05) is 11.6 Å². The van der Waals surface area contributed by atoms with Crippen LogP contribution in [0.15, 0.2) is 30.3 Å². The summed E-state index contributed by atoms with van der Waals surface area (Å²) in [5.74, 6) is 1.06. The molecule has 0 aliphatic rings. The number of hydrogen-bond acceptors (Lipinski definition) is 4. The highest BCUT2D eigenvalue weighted by molar-refractivity contribution is 14.1. The second-order valence-electron chi connectivity index (χ2n) is 3.77. The average molecular weight is 390 g/mol. The molecule has 0 unspecified atom stereocenters. The number of halogens is 2. The van der Waals surface area contributed by atoms with E-state index in [1.54, 1.807) is 12.1 Å². The summed E-state index contributed by atoms with van der Waals surface area (Å²) in [5.41, 5.74) is 7.08. The van der Waals surface area contributed by atoms with Gasteiger partial charge in [0.2, 0.25) is 5.88 Å². The van der Waals surface area contributed by atoms with Crippen molar-refractivity contribution < 1.29 is 4.74 Å². The zero-order valence-corrected chi connectivity index (χ0v) is 13.2. The lowest BCUT2D eigenvalue weighted by Crippen LogP contribution is -2.02. The fourth-order valence-electron chi connectivity index (χ4n) is 1.50. The lowest BCUT2D eigenvalue weighted by atomic mass is 10.3. The number of nitrogens with two attached hydrogens (primary N) is 1. The second kappa shape index (κ2) is 6.29. The first-order valence-electron chi connectivity index (χ1n) is 5.71. The van der Waals surface area contributed by atoms with Crippen LogP contribution in [-0.4, -0.2) is 11.6 Å². The third-order valence-electron chi connectivity index (χ3n) is 2.36. The number of anilines is 3. The van der Waals surface area contributed by atoms with Crippen molar-refractivity contribution in [2.24, 2.45) is 0 Å². The Kier molecular flexibility index (Phi) is 4.71. The van der Waals surface area contributed by atoms with Crippen LogP contribution in [0.25, 0.3) is 0 Å². The van der Waals surface area contributed by atoms with Crippen molar-refractivity contribution in [1.82, 2.24) is 4.98 Å². The van der Waals surface area contributed by atoms with Crippen LogP contribution < -0.4 is 15.8 Å². The summed E-state index contributed by atoms with van der Waals surface area (Å²) in [4.78, 5) is 4.30. The second-order valence-corrected chi connectivity index (χ2v) is 5.43. The smallest absolute Gasteiger partial charge is 0.239 e. The number of nitrogens with zero attached hydrogens (tertiary/aromatic N) is 1. The third kappa shape index (κ3) is 3.63. The van der Waals surface area contributed by atoms with Crippen molar-refractivity contribution in [3.8, 4) is 5.88 Å². The Morgan fingerprint density at radius 3 is 2.84 bits per heavy atom. The van der Waals surface area contributed by atoms with Crippen LogP contribution in [0.3, 0.4) is 0 Å². The SMILES string of the molecule is CCOc1nc(Nc2ccc(I)cc2Cl)ccc1N. The van der Waals surface area contributed by atoms with Crippen molar-refractivity contribution in [3.05, 3.63) is 38.9 Å². The van der Waals surface area contributed by atoms with E-state index in [1.807, 2.05) is 25.1 Å². The first-order valence-corrected chi connectivity index (χ1v) is 7.17. The van der Waals surface area contributed by atoms with E-state index in [0.29, 0.717) is 29.0 Å². The minimum atomic E-state index is 0.425. The number of rotatable bonds is 4. The van der Waals surface area contributed by atoms with Gasteiger partial charge in [0.1, 0.15) is 5.82 Å². The monoisotopic (exact) mass is 389 g/mol. The largest absolute Gasteiger partial charge is 0.476 e. The summed E-state index contributed by atoms with van der Waals surface area (Å²) in [6, 6.07) is 9.29. The van der Waals surface area contributed by atoms with Crippen LogP contribution in [-0.2, 0) is 0 Å². The van der Waals surface area contributed by atoms with Crippen LogP contribution in [0.5, 0.6) is 5.88 Å². The Hall–Kier alpha value is -1.21. The first-order chi connectivity index (χ1) is 9.10. The van der Waals surface area contributed by atoms with Crippen molar-refractivity contribution in [2.45, 2.75) is 6.92 Å².